The van der Waals surface area contributed by atoms with Crippen molar-refractivity contribution in [2.75, 3.05) is 11.4 Å². The molecule has 0 radical (unpaired) electrons. The fraction of sp³-hybridized carbons (Fsp3) is 0.294. The van der Waals surface area contributed by atoms with Crippen molar-refractivity contribution in [3.63, 3.8) is 0 Å². The molecular weight excluding hydrogens is 370 g/mol. The molecule has 4 rings (SSSR count). The second-order valence-electron chi connectivity index (χ2n) is 5.81. The molecule has 3 heterocycles. The number of rotatable bonds is 3. The molecule has 3 aromatic rings. The van der Waals surface area contributed by atoms with E-state index in [1.807, 2.05) is 37.3 Å². The quantitative estimate of drug-likeness (QED) is 0.679. The fourth-order valence-electron chi connectivity index (χ4n) is 3.02. The van der Waals surface area contributed by atoms with Crippen LogP contribution in [0.3, 0.4) is 0 Å². The Morgan fingerprint density at radius 1 is 1.25 bits per heavy atom. The van der Waals surface area contributed by atoms with Gasteiger partial charge >= 0.3 is 0 Å². The van der Waals surface area contributed by atoms with E-state index < -0.39 is 0 Å². The zero-order valence-corrected chi connectivity index (χ0v) is 14.8. The van der Waals surface area contributed by atoms with Gasteiger partial charge in [-0.3, -0.25) is 0 Å². The number of nitrogens with zero attached hydrogens (tertiary/aromatic N) is 5. The van der Waals surface area contributed by atoms with Crippen molar-refractivity contribution in [2.24, 2.45) is 0 Å². The molecule has 1 aliphatic rings. The predicted octanol–water partition coefficient (Wildman–Crippen LogP) is 3.94. The van der Waals surface area contributed by atoms with E-state index >= 15 is 0 Å². The monoisotopic (exact) mass is 385 g/mol. The van der Waals surface area contributed by atoms with Crippen LogP contribution >= 0.6 is 15.9 Å². The molecule has 0 aliphatic carbocycles. The van der Waals surface area contributed by atoms with Crippen LogP contribution in [0.15, 0.2) is 45.7 Å². The van der Waals surface area contributed by atoms with E-state index in [1.54, 1.807) is 6.33 Å². The van der Waals surface area contributed by atoms with E-state index in [1.165, 1.54) is 0 Å². The smallest absolute Gasteiger partial charge is 0.249 e. The van der Waals surface area contributed by atoms with Crippen LogP contribution < -0.4 is 4.90 Å². The summed E-state index contributed by atoms with van der Waals surface area (Å²) >= 11 is 3.53. The van der Waals surface area contributed by atoms with Crippen LogP contribution in [-0.2, 0) is 0 Å². The van der Waals surface area contributed by atoms with Crippen molar-refractivity contribution in [1.29, 1.82) is 0 Å². The van der Waals surface area contributed by atoms with Gasteiger partial charge in [0.2, 0.25) is 11.7 Å². The first-order valence-corrected chi connectivity index (χ1v) is 8.65. The Hall–Kier alpha value is -2.28. The molecule has 2 aromatic heterocycles. The number of halogens is 1. The molecule has 0 N–H and O–H groups in total. The molecule has 1 fully saturated rings. The second kappa shape index (κ2) is 6.32. The molecule has 0 amide bonds. The molecule has 0 bridgehead atoms. The van der Waals surface area contributed by atoms with Crippen LogP contribution in [0, 0.1) is 6.92 Å². The first-order valence-electron chi connectivity index (χ1n) is 7.86. The first kappa shape index (κ1) is 15.3. The third-order valence-electron chi connectivity index (χ3n) is 4.18. The Labute approximate surface area is 148 Å². The lowest BCUT2D eigenvalue weighted by Gasteiger charge is -2.22. The minimum atomic E-state index is 0.0584. The Balaban J connectivity index is 1.65. The molecule has 0 saturated carbocycles. The van der Waals surface area contributed by atoms with Crippen molar-refractivity contribution in [1.82, 2.24) is 20.1 Å². The summed E-state index contributed by atoms with van der Waals surface area (Å²) in [6.45, 7) is 2.89. The van der Waals surface area contributed by atoms with Gasteiger partial charge in [-0.15, -0.1) is 0 Å². The average molecular weight is 386 g/mol. The summed E-state index contributed by atoms with van der Waals surface area (Å²) in [5, 5.41) is 4.16. The summed E-state index contributed by atoms with van der Waals surface area (Å²) in [5.74, 6) is 2.14. The van der Waals surface area contributed by atoms with Gasteiger partial charge in [0.25, 0.3) is 0 Å². The summed E-state index contributed by atoms with van der Waals surface area (Å²) in [6.07, 6.45) is 3.64. The van der Waals surface area contributed by atoms with E-state index in [9.17, 15) is 0 Å². The maximum Gasteiger partial charge on any atom is 0.249 e. The summed E-state index contributed by atoms with van der Waals surface area (Å²) in [4.78, 5) is 15.4. The molecule has 1 atom stereocenters. The van der Waals surface area contributed by atoms with E-state index in [-0.39, 0.29) is 6.04 Å². The zero-order valence-electron chi connectivity index (χ0n) is 13.2. The highest BCUT2D eigenvalue weighted by atomic mass is 79.9. The number of benzene rings is 1. The molecular formula is C17H16BrN5O. The first-order chi connectivity index (χ1) is 11.7. The molecule has 1 aromatic carbocycles. The Bertz CT molecular complexity index is 865. The Morgan fingerprint density at radius 3 is 2.96 bits per heavy atom. The van der Waals surface area contributed by atoms with Crippen molar-refractivity contribution >= 4 is 21.7 Å². The fourth-order valence-corrected chi connectivity index (χ4v) is 3.48. The van der Waals surface area contributed by atoms with Crippen molar-refractivity contribution in [3.05, 3.63) is 52.7 Å². The predicted molar refractivity (Wildman–Crippen MR) is 93.5 cm³/mol. The van der Waals surface area contributed by atoms with Crippen molar-refractivity contribution < 1.29 is 4.52 Å². The molecule has 24 heavy (non-hydrogen) atoms. The summed E-state index contributed by atoms with van der Waals surface area (Å²) in [6, 6.07) is 9.91. The van der Waals surface area contributed by atoms with Gasteiger partial charge in [-0.1, -0.05) is 33.2 Å². The molecule has 1 saturated heterocycles. The number of aromatic nitrogens is 4. The second-order valence-corrected chi connectivity index (χ2v) is 6.66. The maximum atomic E-state index is 5.57. The van der Waals surface area contributed by atoms with Gasteiger partial charge < -0.3 is 9.42 Å². The van der Waals surface area contributed by atoms with Gasteiger partial charge in [0.15, 0.2) is 0 Å². The van der Waals surface area contributed by atoms with Gasteiger partial charge in [0.1, 0.15) is 18.2 Å². The summed E-state index contributed by atoms with van der Waals surface area (Å²) in [5.41, 5.74) is 1.88. The number of anilines is 1. The molecule has 1 aliphatic heterocycles. The van der Waals surface area contributed by atoms with Crippen LogP contribution in [0.4, 0.5) is 5.82 Å². The molecule has 6 nitrogen and oxygen atoms in total. The highest BCUT2D eigenvalue weighted by molar-refractivity contribution is 9.10. The van der Waals surface area contributed by atoms with Crippen LogP contribution in [0.2, 0.25) is 0 Å². The van der Waals surface area contributed by atoms with Crippen LogP contribution in [0.25, 0.3) is 11.4 Å². The van der Waals surface area contributed by atoms with Crippen LogP contribution in [0.1, 0.15) is 30.5 Å². The van der Waals surface area contributed by atoms with E-state index in [2.05, 4.69) is 40.9 Å². The van der Waals surface area contributed by atoms with Crippen LogP contribution in [-0.4, -0.2) is 26.7 Å². The topological polar surface area (TPSA) is 67.9 Å². The van der Waals surface area contributed by atoms with Gasteiger partial charge in [-0.2, -0.15) is 4.98 Å². The zero-order chi connectivity index (χ0) is 16.5. The Morgan fingerprint density at radius 2 is 2.12 bits per heavy atom. The van der Waals surface area contributed by atoms with Gasteiger partial charge in [0, 0.05) is 28.3 Å². The van der Waals surface area contributed by atoms with Crippen molar-refractivity contribution in [2.45, 2.75) is 25.8 Å². The minimum absolute atomic E-state index is 0.0584. The van der Waals surface area contributed by atoms with Crippen LogP contribution in [0.5, 0.6) is 0 Å². The lowest BCUT2D eigenvalue weighted by molar-refractivity contribution is 0.354. The largest absolute Gasteiger partial charge is 0.344 e. The molecule has 0 spiro atoms. The van der Waals surface area contributed by atoms with Gasteiger partial charge in [-0.25, -0.2) is 9.97 Å². The molecule has 122 valence electrons. The van der Waals surface area contributed by atoms with E-state index in [0.717, 1.165) is 40.9 Å². The van der Waals surface area contributed by atoms with Gasteiger partial charge in [0.05, 0.1) is 0 Å². The third kappa shape index (κ3) is 2.80. The summed E-state index contributed by atoms with van der Waals surface area (Å²) < 4.78 is 6.52. The van der Waals surface area contributed by atoms with Gasteiger partial charge in [-0.05, 0) is 31.9 Å². The lowest BCUT2D eigenvalue weighted by atomic mass is 10.2. The SMILES string of the molecule is Cc1cc(N2CCCC2c2nc(-c3ccccc3Br)no2)ncn1. The third-order valence-corrected chi connectivity index (χ3v) is 4.87. The molecule has 7 heteroatoms. The minimum Gasteiger partial charge on any atom is -0.344 e. The van der Waals surface area contributed by atoms with E-state index in [0.29, 0.717) is 11.7 Å². The number of aryl methyl sites for hydroxylation is 1. The highest BCUT2D eigenvalue weighted by Crippen LogP contribution is 2.35. The Kier molecular flexibility index (Phi) is 4.02. The maximum absolute atomic E-state index is 5.57. The average Bonchev–Trinajstić information content (AvgIpc) is 3.24. The van der Waals surface area contributed by atoms with Crippen molar-refractivity contribution in [3.8, 4) is 11.4 Å². The normalized spacial score (nSPS) is 17.4. The summed E-state index contributed by atoms with van der Waals surface area (Å²) in [7, 11) is 0. The van der Waals surface area contributed by atoms with E-state index in [4.69, 9.17) is 4.52 Å². The standard InChI is InChI=1S/C17H16BrN5O/c1-11-9-15(20-10-19-11)23-8-4-7-14(23)17-21-16(22-24-17)12-5-2-3-6-13(12)18/h2-3,5-6,9-10,14H,4,7-8H2,1H3. The molecule has 1 unspecified atom stereocenters. The number of hydrogen-bond donors (Lipinski definition) is 0. The lowest BCUT2D eigenvalue weighted by Crippen LogP contribution is -2.24. The highest BCUT2D eigenvalue weighted by Gasteiger charge is 2.32. The number of hydrogen-bond acceptors (Lipinski definition) is 6.